The van der Waals surface area contributed by atoms with Crippen molar-refractivity contribution in [3.63, 3.8) is 0 Å². The predicted molar refractivity (Wildman–Crippen MR) is 65.6 cm³/mol. The minimum atomic E-state index is -0.0382. The smallest absolute Gasteiger partial charge is 0.0978 e. The molecule has 1 aromatic carbocycles. The largest absolute Gasteiger partial charge is 0.329 e. The van der Waals surface area contributed by atoms with Crippen LogP contribution < -0.4 is 5.73 Å². The van der Waals surface area contributed by atoms with Crippen LogP contribution in [0.4, 0.5) is 0 Å². The van der Waals surface area contributed by atoms with E-state index in [0.29, 0.717) is 6.54 Å². The maximum absolute atomic E-state index is 9.07. The van der Waals surface area contributed by atoms with Crippen LogP contribution in [-0.4, -0.2) is 24.0 Å². The lowest BCUT2D eigenvalue weighted by Gasteiger charge is -2.25. The first-order valence-corrected chi connectivity index (χ1v) is 5.69. The number of benzene rings is 1. The lowest BCUT2D eigenvalue weighted by Crippen LogP contribution is -2.37. The highest BCUT2D eigenvalue weighted by Gasteiger charge is 2.15. The van der Waals surface area contributed by atoms with Crippen LogP contribution >= 0.6 is 0 Å². The lowest BCUT2D eigenvalue weighted by molar-refractivity contribution is 0.227. The van der Waals surface area contributed by atoms with Crippen molar-refractivity contribution in [3.05, 3.63) is 35.9 Å². The van der Waals surface area contributed by atoms with Gasteiger partial charge in [-0.2, -0.15) is 5.26 Å². The highest BCUT2D eigenvalue weighted by molar-refractivity contribution is 5.15. The van der Waals surface area contributed by atoms with Gasteiger partial charge in [-0.05, 0) is 12.0 Å². The number of rotatable bonds is 6. The van der Waals surface area contributed by atoms with E-state index in [2.05, 4.69) is 23.1 Å². The highest BCUT2D eigenvalue weighted by atomic mass is 15.2. The van der Waals surface area contributed by atoms with E-state index in [1.54, 1.807) is 0 Å². The summed E-state index contributed by atoms with van der Waals surface area (Å²) in [7, 11) is 0. The van der Waals surface area contributed by atoms with Gasteiger partial charge < -0.3 is 5.73 Å². The summed E-state index contributed by atoms with van der Waals surface area (Å²) in [4.78, 5) is 2.13. The van der Waals surface area contributed by atoms with Crippen LogP contribution in [0.3, 0.4) is 0 Å². The Morgan fingerprint density at radius 1 is 1.38 bits per heavy atom. The molecule has 0 saturated heterocycles. The molecule has 0 fully saturated rings. The molecule has 0 heterocycles. The predicted octanol–water partition coefficient (Wildman–Crippen LogP) is 1.75. The van der Waals surface area contributed by atoms with Gasteiger partial charge in [-0.25, -0.2) is 0 Å². The summed E-state index contributed by atoms with van der Waals surface area (Å²) < 4.78 is 0. The summed E-state index contributed by atoms with van der Waals surface area (Å²) in [5.74, 6) is 0. The van der Waals surface area contributed by atoms with Crippen LogP contribution in [0, 0.1) is 11.3 Å². The van der Waals surface area contributed by atoms with Crippen molar-refractivity contribution in [1.82, 2.24) is 4.90 Å². The minimum absolute atomic E-state index is 0.0382. The highest BCUT2D eigenvalue weighted by Crippen LogP contribution is 2.09. The van der Waals surface area contributed by atoms with Crippen LogP contribution in [0.5, 0.6) is 0 Å². The average Bonchev–Trinajstić information content (AvgIpc) is 2.32. The van der Waals surface area contributed by atoms with Crippen LogP contribution in [0.1, 0.15) is 18.9 Å². The van der Waals surface area contributed by atoms with Gasteiger partial charge in [0, 0.05) is 19.6 Å². The molecule has 1 unspecified atom stereocenters. The normalized spacial score (nSPS) is 12.4. The molecule has 16 heavy (non-hydrogen) atoms. The molecule has 0 saturated carbocycles. The number of nitrogens with zero attached hydrogens (tertiary/aromatic N) is 2. The average molecular weight is 217 g/mol. The van der Waals surface area contributed by atoms with Gasteiger partial charge in [0.1, 0.15) is 0 Å². The molecular formula is C13H19N3. The third kappa shape index (κ3) is 3.65. The Balaban J connectivity index is 2.68. The fraction of sp³-hybridized carbons (Fsp3) is 0.462. The Morgan fingerprint density at radius 3 is 2.56 bits per heavy atom. The van der Waals surface area contributed by atoms with Crippen molar-refractivity contribution in [2.45, 2.75) is 25.9 Å². The number of nitriles is 1. The first kappa shape index (κ1) is 12.7. The first-order chi connectivity index (χ1) is 7.81. The second-order valence-corrected chi connectivity index (χ2v) is 3.80. The molecule has 1 rings (SSSR count). The first-order valence-electron chi connectivity index (χ1n) is 5.69. The topological polar surface area (TPSA) is 53.0 Å². The molecule has 86 valence electrons. The van der Waals surface area contributed by atoms with Crippen molar-refractivity contribution in [2.75, 3.05) is 13.1 Å². The molecule has 0 radical (unpaired) electrons. The summed E-state index contributed by atoms with van der Waals surface area (Å²) in [5, 5.41) is 9.07. The van der Waals surface area contributed by atoms with Crippen molar-refractivity contribution < 1.29 is 0 Å². The van der Waals surface area contributed by atoms with Crippen molar-refractivity contribution >= 4 is 0 Å². The molecule has 0 amide bonds. The van der Waals surface area contributed by atoms with Gasteiger partial charge in [0.15, 0.2) is 0 Å². The van der Waals surface area contributed by atoms with E-state index in [-0.39, 0.29) is 6.04 Å². The van der Waals surface area contributed by atoms with Gasteiger partial charge >= 0.3 is 0 Å². The van der Waals surface area contributed by atoms with Gasteiger partial charge in [-0.15, -0.1) is 0 Å². The van der Waals surface area contributed by atoms with Gasteiger partial charge in [0.05, 0.1) is 12.1 Å². The molecule has 3 heteroatoms. The summed E-state index contributed by atoms with van der Waals surface area (Å²) in [5.41, 5.74) is 6.81. The number of nitrogens with two attached hydrogens (primary N) is 1. The third-order valence-electron chi connectivity index (χ3n) is 2.62. The Bertz CT molecular complexity index is 329. The molecule has 0 aliphatic heterocycles. The standard InChI is InChI=1S/C13H19N3/c1-2-13(10-15)16(9-8-14)11-12-6-4-3-5-7-12/h3-7,13H,2,8-9,11,14H2,1H3. The van der Waals surface area contributed by atoms with E-state index in [0.717, 1.165) is 19.5 Å². The molecule has 1 aromatic rings. The second-order valence-electron chi connectivity index (χ2n) is 3.80. The van der Waals surface area contributed by atoms with Crippen molar-refractivity contribution in [2.24, 2.45) is 5.73 Å². The monoisotopic (exact) mass is 217 g/mol. The maximum atomic E-state index is 9.07. The maximum Gasteiger partial charge on any atom is 0.0978 e. The summed E-state index contributed by atoms with van der Waals surface area (Å²) in [6, 6.07) is 12.5. The molecule has 0 aliphatic carbocycles. The molecule has 0 spiro atoms. The molecule has 0 aromatic heterocycles. The minimum Gasteiger partial charge on any atom is -0.329 e. The zero-order chi connectivity index (χ0) is 11.8. The summed E-state index contributed by atoms with van der Waals surface area (Å²) in [6.07, 6.45) is 0.837. The molecule has 1 atom stereocenters. The van der Waals surface area contributed by atoms with Crippen LogP contribution in [-0.2, 0) is 6.54 Å². The van der Waals surface area contributed by atoms with Gasteiger partial charge in [0.2, 0.25) is 0 Å². The van der Waals surface area contributed by atoms with Crippen LogP contribution in [0.2, 0.25) is 0 Å². The molecule has 0 aliphatic rings. The van der Waals surface area contributed by atoms with Crippen molar-refractivity contribution in [3.8, 4) is 6.07 Å². The lowest BCUT2D eigenvalue weighted by atomic mass is 10.1. The zero-order valence-electron chi connectivity index (χ0n) is 9.76. The van der Waals surface area contributed by atoms with E-state index >= 15 is 0 Å². The SMILES string of the molecule is CCC(C#N)N(CCN)Cc1ccccc1. The van der Waals surface area contributed by atoms with Crippen LogP contribution in [0.15, 0.2) is 30.3 Å². The summed E-state index contributed by atoms with van der Waals surface area (Å²) in [6.45, 7) is 4.18. The van der Waals surface area contributed by atoms with E-state index in [9.17, 15) is 0 Å². The van der Waals surface area contributed by atoms with Crippen LogP contribution in [0.25, 0.3) is 0 Å². The fourth-order valence-electron chi connectivity index (χ4n) is 1.76. The van der Waals surface area contributed by atoms with E-state index in [1.165, 1.54) is 5.56 Å². The molecule has 2 N–H and O–H groups in total. The second kappa shape index (κ2) is 7.00. The Hall–Kier alpha value is -1.37. The quantitative estimate of drug-likeness (QED) is 0.789. The van der Waals surface area contributed by atoms with Gasteiger partial charge in [-0.1, -0.05) is 37.3 Å². The van der Waals surface area contributed by atoms with Gasteiger partial charge in [0.25, 0.3) is 0 Å². The Labute approximate surface area is 97.5 Å². The van der Waals surface area contributed by atoms with Gasteiger partial charge in [-0.3, -0.25) is 4.90 Å². The van der Waals surface area contributed by atoms with Crippen molar-refractivity contribution in [1.29, 1.82) is 5.26 Å². The third-order valence-corrected chi connectivity index (χ3v) is 2.62. The molecular weight excluding hydrogens is 198 g/mol. The Kier molecular flexibility index (Phi) is 5.55. The van der Waals surface area contributed by atoms with E-state index < -0.39 is 0 Å². The Morgan fingerprint density at radius 2 is 2.06 bits per heavy atom. The van der Waals surface area contributed by atoms with E-state index in [1.807, 2.05) is 25.1 Å². The van der Waals surface area contributed by atoms with E-state index in [4.69, 9.17) is 11.0 Å². The molecule has 3 nitrogen and oxygen atoms in total. The number of hydrogen-bond acceptors (Lipinski definition) is 3. The summed E-state index contributed by atoms with van der Waals surface area (Å²) >= 11 is 0. The number of hydrogen-bond donors (Lipinski definition) is 1. The molecule has 0 bridgehead atoms. The fourth-order valence-corrected chi connectivity index (χ4v) is 1.76. The zero-order valence-corrected chi connectivity index (χ0v) is 9.76.